The lowest BCUT2D eigenvalue weighted by Crippen LogP contribution is -2.26. The predicted molar refractivity (Wildman–Crippen MR) is 65.1 cm³/mol. The molecule has 94 valence electrons. The van der Waals surface area contributed by atoms with E-state index in [1.54, 1.807) is 32.2 Å². The van der Waals surface area contributed by atoms with Crippen LogP contribution in [-0.4, -0.2) is 38.8 Å². The topological polar surface area (TPSA) is 74.7 Å². The number of rotatable bonds is 5. The lowest BCUT2D eigenvalue weighted by atomic mass is 10.3. The summed E-state index contributed by atoms with van der Waals surface area (Å²) in [5, 5.41) is 8.70. The zero-order chi connectivity index (χ0) is 13.1. The summed E-state index contributed by atoms with van der Waals surface area (Å²) in [5.41, 5.74) is 0.414. The molecular formula is C11H15NO4S. The molecule has 0 aliphatic rings. The number of nitrogens with zero attached hydrogens (tertiary/aromatic N) is 1. The van der Waals surface area contributed by atoms with Gasteiger partial charge in [-0.15, -0.1) is 0 Å². The molecule has 0 spiro atoms. The van der Waals surface area contributed by atoms with Crippen molar-refractivity contribution >= 4 is 21.5 Å². The molecule has 0 unspecified atom stereocenters. The molecule has 0 aromatic heterocycles. The highest BCUT2D eigenvalue weighted by molar-refractivity contribution is 7.91. The first-order valence-corrected chi connectivity index (χ1v) is 6.78. The van der Waals surface area contributed by atoms with E-state index >= 15 is 0 Å². The third kappa shape index (κ3) is 3.20. The molecule has 1 rings (SSSR count). The van der Waals surface area contributed by atoms with Crippen molar-refractivity contribution in [2.75, 3.05) is 24.2 Å². The number of benzene rings is 1. The van der Waals surface area contributed by atoms with E-state index in [9.17, 15) is 13.2 Å². The fraction of sp³-hybridized carbons (Fsp3) is 0.364. The van der Waals surface area contributed by atoms with Gasteiger partial charge in [0, 0.05) is 7.05 Å². The number of hydrogen-bond donors (Lipinski definition) is 1. The smallest absolute Gasteiger partial charge is 0.323 e. The van der Waals surface area contributed by atoms with Crippen LogP contribution in [-0.2, 0) is 14.6 Å². The molecule has 1 N–H and O–H groups in total. The Morgan fingerprint density at radius 2 is 1.94 bits per heavy atom. The summed E-state index contributed by atoms with van der Waals surface area (Å²) in [6, 6.07) is 6.40. The second-order valence-corrected chi connectivity index (χ2v) is 5.87. The third-order valence-electron chi connectivity index (χ3n) is 2.36. The Morgan fingerprint density at radius 3 is 2.47 bits per heavy atom. The van der Waals surface area contributed by atoms with Gasteiger partial charge in [0.15, 0.2) is 9.84 Å². The van der Waals surface area contributed by atoms with Gasteiger partial charge in [-0.3, -0.25) is 4.79 Å². The van der Waals surface area contributed by atoms with Gasteiger partial charge in [-0.1, -0.05) is 19.1 Å². The number of anilines is 1. The number of hydrogen-bond acceptors (Lipinski definition) is 4. The second-order valence-electron chi connectivity index (χ2n) is 3.62. The average molecular weight is 257 g/mol. The Kier molecular flexibility index (Phi) is 4.11. The largest absolute Gasteiger partial charge is 0.480 e. The highest BCUT2D eigenvalue weighted by Crippen LogP contribution is 2.24. The van der Waals surface area contributed by atoms with Gasteiger partial charge in [-0.25, -0.2) is 8.42 Å². The number of carboxylic acids is 1. The van der Waals surface area contributed by atoms with Crippen LogP contribution < -0.4 is 4.90 Å². The Labute approximate surface area is 101 Å². The highest BCUT2D eigenvalue weighted by atomic mass is 32.2. The molecule has 6 heteroatoms. The first kappa shape index (κ1) is 13.5. The quantitative estimate of drug-likeness (QED) is 0.851. The molecule has 0 amide bonds. The van der Waals surface area contributed by atoms with Crippen LogP contribution in [0.5, 0.6) is 0 Å². The van der Waals surface area contributed by atoms with Crippen molar-refractivity contribution in [1.82, 2.24) is 0 Å². The fourth-order valence-corrected chi connectivity index (χ4v) is 2.62. The number of carbonyl (C=O) groups is 1. The van der Waals surface area contributed by atoms with Crippen molar-refractivity contribution in [3.63, 3.8) is 0 Å². The first-order chi connectivity index (χ1) is 7.88. The molecule has 0 aliphatic carbocycles. The molecule has 0 atom stereocenters. The van der Waals surface area contributed by atoms with Gasteiger partial charge in [0.05, 0.1) is 16.3 Å². The summed E-state index contributed by atoms with van der Waals surface area (Å²) in [5.74, 6) is -1.01. The minimum absolute atomic E-state index is 0.00900. The van der Waals surface area contributed by atoms with Gasteiger partial charge >= 0.3 is 5.97 Å². The highest BCUT2D eigenvalue weighted by Gasteiger charge is 2.19. The van der Waals surface area contributed by atoms with Crippen LogP contribution in [0, 0.1) is 0 Å². The number of likely N-dealkylation sites (N-methyl/N-ethyl adjacent to an activating group) is 1. The molecule has 1 aromatic carbocycles. The number of sulfone groups is 1. The zero-order valence-electron chi connectivity index (χ0n) is 9.75. The van der Waals surface area contributed by atoms with Gasteiger partial charge in [-0.05, 0) is 12.1 Å². The van der Waals surface area contributed by atoms with Gasteiger partial charge in [0.1, 0.15) is 6.54 Å². The predicted octanol–water partition coefficient (Wildman–Crippen LogP) is 1.00. The maximum atomic E-state index is 11.8. The van der Waals surface area contributed by atoms with Crippen LogP contribution in [0.1, 0.15) is 6.92 Å². The average Bonchev–Trinajstić information content (AvgIpc) is 2.28. The molecule has 0 aliphatic heterocycles. The van der Waals surface area contributed by atoms with Crippen molar-refractivity contribution in [3.8, 4) is 0 Å². The summed E-state index contributed by atoms with van der Waals surface area (Å²) in [6.45, 7) is 1.32. The van der Waals surface area contributed by atoms with Crippen molar-refractivity contribution in [1.29, 1.82) is 0 Å². The van der Waals surface area contributed by atoms with Crippen molar-refractivity contribution in [2.24, 2.45) is 0 Å². The molecule has 0 saturated carbocycles. The molecule has 0 radical (unpaired) electrons. The molecular weight excluding hydrogens is 242 g/mol. The van der Waals surface area contributed by atoms with Gasteiger partial charge < -0.3 is 10.0 Å². The van der Waals surface area contributed by atoms with E-state index in [0.29, 0.717) is 5.69 Å². The second kappa shape index (κ2) is 5.18. The summed E-state index contributed by atoms with van der Waals surface area (Å²) >= 11 is 0. The summed E-state index contributed by atoms with van der Waals surface area (Å²) in [4.78, 5) is 12.2. The SMILES string of the molecule is CCS(=O)(=O)c1ccccc1N(C)CC(=O)O. The number of carboxylic acid groups (broad SMARTS) is 1. The number of aliphatic carboxylic acids is 1. The van der Waals surface area contributed by atoms with Crippen LogP contribution in [0.25, 0.3) is 0 Å². The zero-order valence-corrected chi connectivity index (χ0v) is 10.6. The van der Waals surface area contributed by atoms with Crippen molar-refractivity contribution in [3.05, 3.63) is 24.3 Å². The molecule has 17 heavy (non-hydrogen) atoms. The Hall–Kier alpha value is -1.56. The standard InChI is InChI=1S/C11H15NO4S/c1-3-17(15,16)10-7-5-4-6-9(10)12(2)8-11(13)14/h4-7H,3,8H2,1-2H3,(H,13,14). The molecule has 0 fully saturated rings. The van der Waals surface area contributed by atoms with Crippen molar-refractivity contribution in [2.45, 2.75) is 11.8 Å². The minimum atomic E-state index is -3.34. The monoisotopic (exact) mass is 257 g/mol. The summed E-state index contributed by atoms with van der Waals surface area (Å²) < 4.78 is 23.7. The molecule has 5 nitrogen and oxygen atoms in total. The van der Waals surface area contributed by atoms with E-state index in [1.807, 2.05) is 0 Å². The van der Waals surface area contributed by atoms with E-state index in [4.69, 9.17) is 5.11 Å². The lowest BCUT2D eigenvalue weighted by Gasteiger charge is -2.20. The molecule has 0 heterocycles. The van der Waals surface area contributed by atoms with E-state index in [1.165, 1.54) is 11.0 Å². The Balaban J connectivity index is 3.21. The van der Waals surface area contributed by atoms with Crippen molar-refractivity contribution < 1.29 is 18.3 Å². The maximum absolute atomic E-state index is 11.8. The molecule has 1 aromatic rings. The van der Waals surface area contributed by atoms with Crippen LogP contribution in [0.4, 0.5) is 5.69 Å². The van der Waals surface area contributed by atoms with Crippen LogP contribution in [0.3, 0.4) is 0 Å². The summed E-state index contributed by atoms with van der Waals surface area (Å²) in [7, 11) is -1.79. The van der Waals surface area contributed by atoms with Gasteiger partial charge in [0.25, 0.3) is 0 Å². The minimum Gasteiger partial charge on any atom is -0.480 e. The lowest BCUT2D eigenvalue weighted by molar-refractivity contribution is -0.135. The van der Waals surface area contributed by atoms with Crippen LogP contribution in [0.15, 0.2) is 29.2 Å². The van der Waals surface area contributed by atoms with E-state index < -0.39 is 15.8 Å². The Bertz CT molecular complexity index is 510. The maximum Gasteiger partial charge on any atom is 0.323 e. The van der Waals surface area contributed by atoms with E-state index in [-0.39, 0.29) is 17.2 Å². The van der Waals surface area contributed by atoms with Crippen LogP contribution in [0.2, 0.25) is 0 Å². The normalized spacial score (nSPS) is 11.2. The van der Waals surface area contributed by atoms with E-state index in [0.717, 1.165) is 0 Å². The summed E-state index contributed by atoms with van der Waals surface area (Å²) in [6.07, 6.45) is 0. The molecule has 0 saturated heterocycles. The Morgan fingerprint density at radius 1 is 1.35 bits per heavy atom. The van der Waals surface area contributed by atoms with Gasteiger partial charge in [-0.2, -0.15) is 0 Å². The molecule has 0 bridgehead atoms. The number of para-hydroxylation sites is 1. The third-order valence-corrected chi connectivity index (χ3v) is 4.14. The van der Waals surface area contributed by atoms with Crippen LogP contribution >= 0.6 is 0 Å². The van der Waals surface area contributed by atoms with Gasteiger partial charge in [0.2, 0.25) is 0 Å². The van der Waals surface area contributed by atoms with E-state index in [2.05, 4.69) is 0 Å². The first-order valence-electron chi connectivity index (χ1n) is 5.13. The fourth-order valence-electron chi connectivity index (χ4n) is 1.48.